The molecule has 1 saturated heterocycles. The molecule has 0 aromatic heterocycles. The van der Waals surface area contributed by atoms with Crippen LogP contribution in [0.25, 0.3) is 0 Å². The molecule has 2 unspecified atom stereocenters. The first kappa shape index (κ1) is 14.9. The summed E-state index contributed by atoms with van der Waals surface area (Å²) in [4.78, 5) is 26.5. The van der Waals surface area contributed by atoms with Gasteiger partial charge in [-0.1, -0.05) is 32.1 Å². The normalized spacial score (nSPS) is 31.7. The fraction of sp³-hybridized carbons (Fsp3) is 0.882. The Bertz CT molecular complexity index is 414. The molecular weight excluding hydrogens is 266 g/mol. The fourth-order valence-electron chi connectivity index (χ4n) is 4.80. The van der Waals surface area contributed by atoms with E-state index in [9.17, 15) is 14.7 Å². The highest BCUT2D eigenvalue weighted by atomic mass is 16.4. The van der Waals surface area contributed by atoms with E-state index in [0.717, 1.165) is 38.6 Å². The zero-order valence-corrected chi connectivity index (χ0v) is 12.9. The number of carbonyl (C=O) groups is 2. The highest BCUT2D eigenvalue weighted by Crippen LogP contribution is 2.42. The number of likely N-dealkylation sites (tertiary alicyclic amines) is 1. The second-order valence-corrected chi connectivity index (χ2v) is 7.31. The van der Waals surface area contributed by atoms with E-state index in [1.165, 1.54) is 19.3 Å². The van der Waals surface area contributed by atoms with Gasteiger partial charge in [-0.2, -0.15) is 0 Å². The van der Waals surface area contributed by atoms with E-state index in [2.05, 4.69) is 0 Å². The summed E-state index contributed by atoms with van der Waals surface area (Å²) >= 11 is 0. The lowest BCUT2D eigenvalue weighted by Gasteiger charge is -2.36. The third kappa shape index (κ3) is 2.82. The highest BCUT2D eigenvalue weighted by molar-refractivity contribution is 5.85. The van der Waals surface area contributed by atoms with Crippen molar-refractivity contribution in [3.63, 3.8) is 0 Å². The SMILES string of the molecule is O=C(CC1(C(=O)O)CCCCC1)N1CCC2CCCCC21. The van der Waals surface area contributed by atoms with Crippen molar-refractivity contribution >= 4 is 11.9 Å². The summed E-state index contributed by atoms with van der Waals surface area (Å²) in [5.74, 6) is 0.0264. The Morgan fingerprint density at radius 1 is 1.00 bits per heavy atom. The molecule has 4 heteroatoms. The smallest absolute Gasteiger partial charge is 0.310 e. The highest BCUT2D eigenvalue weighted by Gasteiger charge is 2.45. The van der Waals surface area contributed by atoms with Crippen LogP contribution in [0.1, 0.15) is 70.6 Å². The van der Waals surface area contributed by atoms with E-state index in [-0.39, 0.29) is 12.3 Å². The minimum Gasteiger partial charge on any atom is -0.481 e. The monoisotopic (exact) mass is 293 g/mol. The van der Waals surface area contributed by atoms with Crippen molar-refractivity contribution < 1.29 is 14.7 Å². The van der Waals surface area contributed by atoms with Gasteiger partial charge in [0.1, 0.15) is 0 Å². The van der Waals surface area contributed by atoms with Crippen molar-refractivity contribution in [3.8, 4) is 0 Å². The molecule has 118 valence electrons. The average molecular weight is 293 g/mol. The third-order valence-electron chi connectivity index (χ3n) is 6.08. The lowest BCUT2D eigenvalue weighted by Crippen LogP contribution is -2.44. The fourth-order valence-corrected chi connectivity index (χ4v) is 4.80. The number of fused-ring (bicyclic) bond motifs is 1. The molecule has 2 saturated carbocycles. The number of carboxylic acid groups (broad SMARTS) is 1. The van der Waals surface area contributed by atoms with Gasteiger partial charge in [-0.15, -0.1) is 0 Å². The van der Waals surface area contributed by atoms with Gasteiger partial charge in [-0.3, -0.25) is 9.59 Å². The number of hydrogen-bond acceptors (Lipinski definition) is 2. The topological polar surface area (TPSA) is 57.6 Å². The van der Waals surface area contributed by atoms with Gasteiger partial charge in [0.05, 0.1) is 5.41 Å². The molecule has 2 atom stereocenters. The molecular formula is C17H27NO3. The van der Waals surface area contributed by atoms with E-state index in [0.29, 0.717) is 24.8 Å². The molecule has 3 rings (SSSR count). The maximum absolute atomic E-state index is 12.7. The molecule has 0 spiro atoms. The lowest BCUT2D eigenvalue weighted by atomic mass is 9.71. The van der Waals surface area contributed by atoms with Crippen LogP contribution in [0.15, 0.2) is 0 Å². The molecule has 2 aliphatic carbocycles. The first-order chi connectivity index (χ1) is 10.1. The van der Waals surface area contributed by atoms with Crippen LogP contribution in [0, 0.1) is 11.3 Å². The van der Waals surface area contributed by atoms with Crippen LogP contribution in [0.5, 0.6) is 0 Å². The standard InChI is InChI=1S/C17H27NO3/c19-15(12-17(16(20)21)9-4-1-5-10-17)18-11-8-13-6-2-3-7-14(13)18/h13-14H,1-12H2,(H,20,21). The Kier molecular flexibility index (Phi) is 4.23. The van der Waals surface area contributed by atoms with Gasteiger partial charge < -0.3 is 10.0 Å². The van der Waals surface area contributed by atoms with Gasteiger partial charge in [-0.05, 0) is 38.0 Å². The second kappa shape index (κ2) is 5.98. The number of hydrogen-bond donors (Lipinski definition) is 1. The first-order valence-corrected chi connectivity index (χ1v) is 8.65. The van der Waals surface area contributed by atoms with Crippen LogP contribution in [0.4, 0.5) is 0 Å². The molecule has 0 bridgehead atoms. The molecule has 0 aromatic carbocycles. The zero-order chi connectivity index (χ0) is 14.9. The van der Waals surface area contributed by atoms with Crippen molar-refractivity contribution in [2.75, 3.05) is 6.54 Å². The predicted molar refractivity (Wildman–Crippen MR) is 79.8 cm³/mol. The van der Waals surface area contributed by atoms with Gasteiger partial charge in [0, 0.05) is 19.0 Å². The van der Waals surface area contributed by atoms with Crippen molar-refractivity contribution in [1.82, 2.24) is 4.90 Å². The summed E-state index contributed by atoms with van der Waals surface area (Å²) in [6.07, 6.45) is 10.6. The van der Waals surface area contributed by atoms with Crippen LogP contribution in [0.2, 0.25) is 0 Å². The molecule has 1 heterocycles. The van der Waals surface area contributed by atoms with Crippen LogP contribution in [-0.2, 0) is 9.59 Å². The van der Waals surface area contributed by atoms with Gasteiger partial charge in [0.25, 0.3) is 0 Å². The van der Waals surface area contributed by atoms with Crippen LogP contribution in [0.3, 0.4) is 0 Å². The molecule has 0 radical (unpaired) electrons. The predicted octanol–water partition coefficient (Wildman–Crippen LogP) is 3.20. The number of nitrogens with zero attached hydrogens (tertiary/aromatic N) is 1. The molecule has 4 nitrogen and oxygen atoms in total. The van der Waals surface area contributed by atoms with Crippen molar-refractivity contribution in [2.45, 2.75) is 76.7 Å². The number of aliphatic carboxylic acids is 1. The Morgan fingerprint density at radius 2 is 1.71 bits per heavy atom. The van der Waals surface area contributed by atoms with E-state index >= 15 is 0 Å². The Labute approximate surface area is 126 Å². The molecule has 1 aliphatic heterocycles. The molecule has 3 fully saturated rings. The minimum absolute atomic E-state index is 0.105. The van der Waals surface area contributed by atoms with Crippen molar-refractivity contribution in [3.05, 3.63) is 0 Å². The second-order valence-electron chi connectivity index (χ2n) is 7.31. The summed E-state index contributed by atoms with van der Waals surface area (Å²) in [6.45, 7) is 0.851. The zero-order valence-electron chi connectivity index (χ0n) is 12.9. The van der Waals surface area contributed by atoms with E-state index in [1.807, 2.05) is 4.90 Å². The maximum atomic E-state index is 12.7. The van der Waals surface area contributed by atoms with Gasteiger partial charge in [0.15, 0.2) is 0 Å². The summed E-state index contributed by atoms with van der Waals surface area (Å²) in [5.41, 5.74) is -0.776. The Morgan fingerprint density at radius 3 is 2.43 bits per heavy atom. The van der Waals surface area contributed by atoms with E-state index in [4.69, 9.17) is 0 Å². The Hall–Kier alpha value is -1.06. The van der Waals surface area contributed by atoms with Crippen LogP contribution in [-0.4, -0.2) is 34.5 Å². The van der Waals surface area contributed by atoms with Gasteiger partial charge in [0.2, 0.25) is 5.91 Å². The lowest BCUT2D eigenvalue weighted by molar-refractivity contribution is -0.156. The Balaban J connectivity index is 1.68. The van der Waals surface area contributed by atoms with E-state index < -0.39 is 11.4 Å². The quantitative estimate of drug-likeness (QED) is 0.869. The van der Waals surface area contributed by atoms with E-state index in [1.54, 1.807) is 0 Å². The number of carboxylic acids is 1. The van der Waals surface area contributed by atoms with Gasteiger partial charge >= 0.3 is 5.97 Å². The minimum atomic E-state index is -0.776. The van der Waals surface area contributed by atoms with Crippen molar-refractivity contribution in [2.24, 2.45) is 11.3 Å². The first-order valence-electron chi connectivity index (χ1n) is 8.65. The van der Waals surface area contributed by atoms with Gasteiger partial charge in [-0.25, -0.2) is 0 Å². The molecule has 0 aromatic rings. The average Bonchev–Trinajstić information content (AvgIpc) is 2.92. The summed E-state index contributed by atoms with van der Waals surface area (Å²) in [6, 6.07) is 0.403. The number of rotatable bonds is 3. The largest absolute Gasteiger partial charge is 0.481 e. The number of amides is 1. The summed E-state index contributed by atoms with van der Waals surface area (Å²) in [5, 5.41) is 9.64. The van der Waals surface area contributed by atoms with Crippen LogP contribution >= 0.6 is 0 Å². The molecule has 21 heavy (non-hydrogen) atoms. The summed E-state index contributed by atoms with van der Waals surface area (Å²) < 4.78 is 0. The summed E-state index contributed by atoms with van der Waals surface area (Å²) in [7, 11) is 0. The molecule has 1 amide bonds. The molecule has 3 aliphatic rings. The molecule has 1 N–H and O–H groups in total. The van der Waals surface area contributed by atoms with Crippen molar-refractivity contribution in [1.29, 1.82) is 0 Å². The maximum Gasteiger partial charge on any atom is 0.310 e. The third-order valence-corrected chi connectivity index (χ3v) is 6.08. The number of carbonyl (C=O) groups excluding carboxylic acids is 1. The van der Waals surface area contributed by atoms with Crippen LogP contribution < -0.4 is 0 Å².